The second-order valence-corrected chi connectivity index (χ2v) is 1.87. The van der Waals surface area contributed by atoms with Crippen molar-refractivity contribution >= 4 is 18.4 Å². The zero-order valence-electron chi connectivity index (χ0n) is 7.45. The molecular weight excluding hydrogens is 207 g/mol. The first kappa shape index (κ1) is 18.2. The molecule has 0 N–H and O–H groups in total. The molecule has 1 radical (unpaired) electrons. The third-order valence-electron chi connectivity index (χ3n) is 0.748. The minimum atomic E-state index is 0. The van der Waals surface area contributed by atoms with Crippen LogP contribution in [0.2, 0.25) is 0 Å². The Morgan fingerprint density at radius 1 is 1.31 bits per heavy atom. The molecule has 0 aliphatic rings. The number of ketones is 1. The van der Waals surface area contributed by atoms with E-state index in [-0.39, 0.29) is 24.3 Å². The zero-order chi connectivity index (χ0) is 9.82. The third-order valence-corrected chi connectivity index (χ3v) is 0.748. The second-order valence-electron chi connectivity index (χ2n) is 1.87. The SMILES string of the molecule is O=[C-]/C=C\[C-]=O.[CH2-]CCC(C)=O.[V]. The van der Waals surface area contributed by atoms with E-state index in [4.69, 9.17) is 0 Å². The molecule has 0 spiro atoms. The van der Waals surface area contributed by atoms with Gasteiger partial charge in [-0.3, -0.25) is 0 Å². The molecule has 0 saturated carbocycles. The van der Waals surface area contributed by atoms with E-state index in [2.05, 4.69) is 6.92 Å². The van der Waals surface area contributed by atoms with Crippen molar-refractivity contribution in [3.8, 4) is 0 Å². The molecule has 0 aromatic heterocycles. The van der Waals surface area contributed by atoms with Crippen molar-refractivity contribution in [3.05, 3.63) is 19.1 Å². The van der Waals surface area contributed by atoms with Crippen molar-refractivity contribution in [1.82, 2.24) is 0 Å². The smallest absolute Gasteiger partial charge is 0.127 e. The van der Waals surface area contributed by atoms with Gasteiger partial charge in [-0.1, -0.05) is 0 Å². The number of carbonyl (C=O) groups excluding carboxylic acids is 3. The number of hydrogen-bond donors (Lipinski definition) is 0. The maximum absolute atomic E-state index is 10.0. The summed E-state index contributed by atoms with van der Waals surface area (Å²) >= 11 is 0. The molecule has 4 heteroatoms. The minimum absolute atomic E-state index is 0. The quantitative estimate of drug-likeness (QED) is 0.521. The van der Waals surface area contributed by atoms with Crippen LogP contribution in [0.1, 0.15) is 19.8 Å². The molecule has 0 aliphatic heterocycles. The van der Waals surface area contributed by atoms with Gasteiger partial charge in [0.15, 0.2) is 0 Å². The van der Waals surface area contributed by atoms with Crippen LogP contribution in [0.25, 0.3) is 0 Å². The molecule has 0 aromatic rings. The Morgan fingerprint density at radius 2 is 1.69 bits per heavy atom. The van der Waals surface area contributed by atoms with E-state index in [0.29, 0.717) is 6.42 Å². The first-order valence-corrected chi connectivity index (χ1v) is 3.38. The molecule has 73 valence electrons. The summed E-state index contributed by atoms with van der Waals surface area (Å²) in [7, 11) is 0. The van der Waals surface area contributed by atoms with E-state index in [0.717, 1.165) is 18.6 Å². The van der Waals surface area contributed by atoms with Crippen molar-refractivity contribution in [2.45, 2.75) is 19.8 Å². The van der Waals surface area contributed by atoms with Gasteiger partial charge in [-0.05, 0) is 13.3 Å². The van der Waals surface area contributed by atoms with E-state index in [1.54, 1.807) is 6.92 Å². The summed E-state index contributed by atoms with van der Waals surface area (Å²) in [6.45, 7) is 5.08. The Bertz CT molecular complexity index is 154. The van der Waals surface area contributed by atoms with Crippen LogP contribution in [0.15, 0.2) is 12.2 Å². The summed E-state index contributed by atoms with van der Waals surface area (Å²) < 4.78 is 0. The van der Waals surface area contributed by atoms with Gasteiger partial charge in [-0.25, -0.2) is 0 Å². The van der Waals surface area contributed by atoms with Crippen molar-refractivity contribution in [3.63, 3.8) is 0 Å². The average molecular weight is 218 g/mol. The fourth-order valence-corrected chi connectivity index (χ4v) is 0.317. The monoisotopic (exact) mass is 218 g/mol. The van der Waals surface area contributed by atoms with E-state index < -0.39 is 0 Å². The fourth-order valence-electron chi connectivity index (χ4n) is 0.317. The summed E-state index contributed by atoms with van der Waals surface area (Å²) in [5.74, 6) is 0.227. The first-order valence-electron chi connectivity index (χ1n) is 3.38. The molecule has 0 bridgehead atoms. The Labute approximate surface area is 90.5 Å². The van der Waals surface area contributed by atoms with E-state index in [1.807, 2.05) is 0 Å². The minimum Gasteiger partial charge on any atom is -0.440 e. The van der Waals surface area contributed by atoms with Crippen molar-refractivity contribution in [2.24, 2.45) is 0 Å². The Morgan fingerprint density at radius 3 is 1.77 bits per heavy atom. The van der Waals surface area contributed by atoms with Crippen LogP contribution in [-0.2, 0) is 32.9 Å². The standard InChI is InChI=1S/C5H9O.C4H2O2.V/c1-3-4-5(2)6;5-3-1-2-4-6;/h1,3-4H2,2H3;1-2H;/q-1;-2;/b;2-1-;. The maximum atomic E-state index is 10.0. The number of allylic oxidation sites excluding steroid dienone is 2. The van der Waals surface area contributed by atoms with Gasteiger partial charge in [0.1, 0.15) is 5.78 Å². The molecule has 0 fully saturated rings. The van der Waals surface area contributed by atoms with Gasteiger partial charge in [0.05, 0.1) is 0 Å². The molecule has 3 nitrogen and oxygen atoms in total. The van der Waals surface area contributed by atoms with Crippen LogP contribution >= 0.6 is 0 Å². The van der Waals surface area contributed by atoms with Gasteiger partial charge in [-0.2, -0.15) is 6.42 Å². The molecule has 0 amide bonds. The third kappa shape index (κ3) is 34.7. The van der Waals surface area contributed by atoms with Crippen LogP contribution in [0.5, 0.6) is 0 Å². The molecule has 0 heterocycles. The number of hydrogen-bond acceptors (Lipinski definition) is 3. The predicted molar refractivity (Wildman–Crippen MR) is 45.8 cm³/mol. The fraction of sp³-hybridized carbons (Fsp3) is 0.333. The summed E-state index contributed by atoms with van der Waals surface area (Å²) in [6.07, 6.45) is 6.01. The number of carbonyl (C=O) groups is 1. The van der Waals surface area contributed by atoms with Crippen molar-refractivity contribution < 1.29 is 32.9 Å². The largest absolute Gasteiger partial charge is 0.440 e. The molecular formula is C9H11O3V-3. The van der Waals surface area contributed by atoms with Crippen LogP contribution in [0.3, 0.4) is 0 Å². The topological polar surface area (TPSA) is 51.2 Å². The van der Waals surface area contributed by atoms with Crippen LogP contribution < -0.4 is 0 Å². The van der Waals surface area contributed by atoms with Gasteiger partial charge < -0.3 is 33.5 Å². The summed E-state index contributed by atoms with van der Waals surface area (Å²) in [6, 6.07) is 0. The van der Waals surface area contributed by atoms with Crippen LogP contribution in [0, 0.1) is 6.92 Å². The Hall–Kier alpha value is -0.666. The molecule has 0 unspecified atom stereocenters. The summed E-state index contributed by atoms with van der Waals surface area (Å²) in [5, 5.41) is 0. The normalized spacial score (nSPS) is 7.85. The average Bonchev–Trinajstić information content (AvgIpc) is 2.02. The summed E-state index contributed by atoms with van der Waals surface area (Å²) in [4.78, 5) is 28.3. The first-order chi connectivity index (χ1) is 5.68. The summed E-state index contributed by atoms with van der Waals surface area (Å²) in [5.41, 5.74) is 0. The van der Waals surface area contributed by atoms with Gasteiger partial charge in [0, 0.05) is 18.6 Å². The Kier molecular flexibility index (Phi) is 24.4. The van der Waals surface area contributed by atoms with Gasteiger partial charge in [0.2, 0.25) is 0 Å². The van der Waals surface area contributed by atoms with Gasteiger partial charge in [0.25, 0.3) is 0 Å². The van der Waals surface area contributed by atoms with Crippen molar-refractivity contribution in [2.75, 3.05) is 0 Å². The van der Waals surface area contributed by atoms with Gasteiger partial charge >= 0.3 is 0 Å². The van der Waals surface area contributed by atoms with E-state index in [9.17, 15) is 14.4 Å². The zero-order valence-corrected chi connectivity index (χ0v) is 8.84. The predicted octanol–water partition coefficient (Wildman–Crippen LogP) is 0.949. The number of rotatable bonds is 4. The van der Waals surface area contributed by atoms with Gasteiger partial charge in [-0.15, -0.1) is 12.6 Å². The van der Waals surface area contributed by atoms with Crippen molar-refractivity contribution in [1.29, 1.82) is 0 Å². The Balaban J connectivity index is -0.000000143. The van der Waals surface area contributed by atoms with E-state index >= 15 is 0 Å². The number of Topliss-reactive ketones (excluding diaryl/α,β-unsaturated/α-hetero) is 1. The molecule has 0 aliphatic carbocycles. The van der Waals surface area contributed by atoms with Crippen LogP contribution in [-0.4, -0.2) is 18.4 Å². The molecule has 0 atom stereocenters. The maximum Gasteiger partial charge on any atom is 0.127 e. The molecule has 0 saturated heterocycles. The molecule has 13 heavy (non-hydrogen) atoms. The van der Waals surface area contributed by atoms with Crippen LogP contribution in [0.4, 0.5) is 0 Å². The molecule has 0 aromatic carbocycles. The second kappa shape index (κ2) is 17.4. The molecule has 0 rings (SSSR count). The van der Waals surface area contributed by atoms with E-state index in [1.165, 1.54) is 12.6 Å².